The van der Waals surface area contributed by atoms with E-state index in [4.69, 9.17) is 5.73 Å². The summed E-state index contributed by atoms with van der Waals surface area (Å²) in [5.74, 6) is -0.140. The molecular weight excluding hydrogens is 300 g/mol. The van der Waals surface area contributed by atoms with Gasteiger partial charge in [-0.25, -0.2) is 0 Å². The van der Waals surface area contributed by atoms with Crippen molar-refractivity contribution in [3.05, 3.63) is 54.2 Å². The van der Waals surface area contributed by atoms with Crippen LogP contribution in [0, 0.1) is 0 Å². The molecule has 4 rings (SSSR count). The second-order valence-corrected chi connectivity index (χ2v) is 5.84. The van der Waals surface area contributed by atoms with Crippen molar-refractivity contribution in [2.45, 2.75) is 0 Å². The van der Waals surface area contributed by atoms with Crippen LogP contribution in [-0.4, -0.2) is 28.5 Å². The van der Waals surface area contributed by atoms with Gasteiger partial charge >= 0.3 is 0 Å². The van der Waals surface area contributed by atoms with Crippen molar-refractivity contribution in [3.8, 4) is 0 Å². The van der Waals surface area contributed by atoms with Gasteiger partial charge in [0.25, 0.3) is 5.91 Å². The third-order valence-corrected chi connectivity index (χ3v) is 4.43. The molecule has 0 saturated carbocycles. The van der Waals surface area contributed by atoms with E-state index in [9.17, 15) is 4.79 Å². The summed E-state index contributed by atoms with van der Waals surface area (Å²) in [6.45, 7) is 0.856. The summed E-state index contributed by atoms with van der Waals surface area (Å²) in [6.07, 6.45) is 1.72. The Bertz CT molecular complexity index is 1080. The highest BCUT2D eigenvalue weighted by Gasteiger charge is 2.18. The van der Waals surface area contributed by atoms with Crippen LogP contribution in [0.5, 0.6) is 0 Å². The van der Waals surface area contributed by atoms with Gasteiger partial charge in [0.2, 0.25) is 0 Å². The number of nitrogens with zero attached hydrogens (tertiary/aromatic N) is 2. The maximum Gasteiger partial charge on any atom is 0.253 e. The van der Waals surface area contributed by atoms with Crippen LogP contribution in [0.15, 0.2) is 48.7 Å². The number of benzene rings is 2. The van der Waals surface area contributed by atoms with Crippen LogP contribution in [-0.2, 0) is 7.05 Å². The lowest BCUT2D eigenvalue weighted by Gasteiger charge is -2.09. The number of para-hydroxylation sites is 1. The molecule has 3 N–H and O–H groups in total. The Morgan fingerprint density at radius 3 is 2.79 bits per heavy atom. The Labute approximate surface area is 139 Å². The number of carbonyl (C=O) groups excluding carboxylic acids is 1. The molecule has 0 saturated heterocycles. The number of hydrogen-bond donors (Lipinski definition) is 2. The number of amides is 1. The lowest BCUT2D eigenvalue weighted by Crippen LogP contribution is -2.29. The summed E-state index contributed by atoms with van der Waals surface area (Å²) in [6, 6.07) is 14.1. The van der Waals surface area contributed by atoms with E-state index in [1.807, 2.05) is 37.4 Å². The van der Waals surface area contributed by atoms with Crippen LogP contribution in [0.25, 0.3) is 32.7 Å². The molecule has 0 aliphatic heterocycles. The number of fused-ring (bicyclic) bond motifs is 5. The molecule has 2 aromatic carbocycles. The number of rotatable bonds is 3. The normalized spacial score (nSPS) is 11.4. The summed E-state index contributed by atoms with van der Waals surface area (Å²) >= 11 is 0. The lowest BCUT2D eigenvalue weighted by molar-refractivity contribution is 0.0956. The van der Waals surface area contributed by atoms with Crippen LogP contribution in [0.4, 0.5) is 0 Å². The molecule has 0 atom stereocenters. The predicted octanol–water partition coefficient (Wildman–Crippen LogP) is 2.57. The molecule has 0 bridgehead atoms. The molecule has 0 aliphatic rings. The minimum atomic E-state index is -0.140. The zero-order chi connectivity index (χ0) is 16.7. The molecule has 0 spiro atoms. The Hall–Kier alpha value is -2.92. The molecule has 2 aromatic heterocycles. The maximum atomic E-state index is 12.6. The second kappa shape index (κ2) is 5.62. The van der Waals surface area contributed by atoms with Crippen LogP contribution >= 0.6 is 0 Å². The van der Waals surface area contributed by atoms with Crippen LogP contribution < -0.4 is 11.1 Å². The number of aromatic nitrogens is 2. The average molecular weight is 318 g/mol. The number of nitrogens with one attached hydrogen (secondary N) is 1. The fraction of sp³-hybridized carbons (Fsp3) is 0.158. The summed E-state index contributed by atoms with van der Waals surface area (Å²) < 4.78 is 2.16. The molecule has 0 unspecified atom stereocenters. The van der Waals surface area contributed by atoms with Crippen molar-refractivity contribution in [2.75, 3.05) is 13.1 Å². The highest BCUT2D eigenvalue weighted by Crippen LogP contribution is 2.34. The zero-order valence-electron chi connectivity index (χ0n) is 13.4. The van der Waals surface area contributed by atoms with Crippen molar-refractivity contribution >= 4 is 38.6 Å². The van der Waals surface area contributed by atoms with Crippen molar-refractivity contribution < 1.29 is 4.79 Å². The van der Waals surface area contributed by atoms with E-state index < -0.39 is 0 Å². The van der Waals surface area contributed by atoms with Crippen molar-refractivity contribution in [1.82, 2.24) is 14.9 Å². The molecule has 0 radical (unpaired) electrons. The number of nitrogens with two attached hydrogens (primary N) is 1. The summed E-state index contributed by atoms with van der Waals surface area (Å²) in [4.78, 5) is 17.1. The highest BCUT2D eigenvalue weighted by molar-refractivity contribution is 6.21. The first-order valence-corrected chi connectivity index (χ1v) is 7.95. The van der Waals surface area contributed by atoms with Gasteiger partial charge in [0.1, 0.15) is 0 Å². The average Bonchev–Trinajstić information content (AvgIpc) is 2.92. The topological polar surface area (TPSA) is 72.9 Å². The first-order valence-electron chi connectivity index (χ1n) is 7.95. The lowest BCUT2D eigenvalue weighted by atomic mass is 10.0. The first kappa shape index (κ1) is 14.7. The van der Waals surface area contributed by atoms with Crippen LogP contribution in [0.1, 0.15) is 10.4 Å². The van der Waals surface area contributed by atoms with Gasteiger partial charge in [-0.1, -0.05) is 18.2 Å². The molecule has 120 valence electrons. The fourth-order valence-corrected chi connectivity index (χ4v) is 3.37. The van der Waals surface area contributed by atoms with E-state index >= 15 is 0 Å². The maximum absolute atomic E-state index is 12.6. The molecule has 1 amide bonds. The fourth-order valence-electron chi connectivity index (χ4n) is 3.37. The number of hydrogen-bond acceptors (Lipinski definition) is 3. The Morgan fingerprint density at radius 2 is 1.96 bits per heavy atom. The third kappa shape index (κ3) is 2.06. The van der Waals surface area contributed by atoms with Gasteiger partial charge in [-0.2, -0.15) is 0 Å². The minimum absolute atomic E-state index is 0.140. The summed E-state index contributed by atoms with van der Waals surface area (Å²) in [5.41, 5.74) is 9.03. The predicted molar refractivity (Wildman–Crippen MR) is 97.1 cm³/mol. The summed E-state index contributed by atoms with van der Waals surface area (Å²) in [5, 5.41) is 6.02. The molecule has 5 nitrogen and oxygen atoms in total. The summed E-state index contributed by atoms with van der Waals surface area (Å²) in [7, 11) is 2.05. The molecule has 5 heteroatoms. The second-order valence-electron chi connectivity index (χ2n) is 5.84. The van der Waals surface area contributed by atoms with Crippen molar-refractivity contribution in [3.63, 3.8) is 0 Å². The van der Waals surface area contributed by atoms with Crippen molar-refractivity contribution in [1.29, 1.82) is 0 Å². The van der Waals surface area contributed by atoms with Gasteiger partial charge in [0, 0.05) is 48.0 Å². The Kier molecular flexibility index (Phi) is 3.43. The zero-order valence-corrected chi connectivity index (χ0v) is 13.4. The molecule has 4 aromatic rings. The molecule has 0 fully saturated rings. The van der Waals surface area contributed by atoms with Gasteiger partial charge in [0.05, 0.1) is 16.6 Å². The minimum Gasteiger partial charge on any atom is -0.351 e. The molecular formula is C19H18N4O. The third-order valence-electron chi connectivity index (χ3n) is 4.43. The van der Waals surface area contributed by atoms with Crippen LogP contribution in [0.2, 0.25) is 0 Å². The van der Waals surface area contributed by atoms with E-state index in [0.717, 1.165) is 27.2 Å². The van der Waals surface area contributed by atoms with E-state index in [0.29, 0.717) is 24.2 Å². The number of pyridine rings is 1. The van der Waals surface area contributed by atoms with Crippen molar-refractivity contribution in [2.24, 2.45) is 12.8 Å². The standard InChI is InChI=1S/C19H18N4O/c1-23-16-7-3-2-5-12(16)14-11-15(19(24)22-10-8-20)17-13(18(14)23)6-4-9-21-17/h2-7,9,11H,8,10,20H2,1H3,(H,22,24). The molecule has 24 heavy (non-hydrogen) atoms. The monoisotopic (exact) mass is 318 g/mol. The van der Waals surface area contributed by atoms with Gasteiger partial charge in [-0.15, -0.1) is 0 Å². The number of carbonyl (C=O) groups is 1. The van der Waals surface area contributed by atoms with E-state index in [1.165, 1.54) is 0 Å². The number of aryl methyl sites for hydroxylation is 1. The van der Waals surface area contributed by atoms with Gasteiger partial charge in [-0.05, 0) is 24.3 Å². The Morgan fingerprint density at radius 1 is 1.17 bits per heavy atom. The van der Waals surface area contributed by atoms with E-state index in [1.54, 1.807) is 6.20 Å². The molecule has 0 aliphatic carbocycles. The van der Waals surface area contributed by atoms with E-state index in [2.05, 4.69) is 27.0 Å². The van der Waals surface area contributed by atoms with Gasteiger partial charge in [0.15, 0.2) is 0 Å². The molecule has 2 heterocycles. The largest absolute Gasteiger partial charge is 0.351 e. The van der Waals surface area contributed by atoms with Gasteiger partial charge in [-0.3, -0.25) is 9.78 Å². The van der Waals surface area contributed by atoms with Gasteiger partial charge < -0.3 is 15.6 Å². The Balaban J connectivity index is 2.13. The first-order chi connectivity index (χ1) is 11.7. The highest BCUT2D eigenvalue weighted by atomic mass is 16.1. The van der Waals surface area contributed by atoms with E-state index in [-0.39, 0.29) is 5.91 Å². The SMILES string of the molecule is Cn1c2ccccc2c2cc(C(=O)NCCN)c3ncccc3c21. The van der Waals surface area contributed by atoms with Crippen LogP contribution in [0.3, 0.4) is 0 Å². The quantitative estimate of drug-likeness (QED) is 0.610. The smallest absolute Gasteiger partial charge is 0.253 e.